The zero-order valence-corrected chi connectivity index (χ0v) is 11.0. The molecule has 0 bridgehead atoms. The number of aliphatic hydroxyl groups is 1. The fourth-order valence-corrected chi connectivity index (χ4v) is 2.36. The molecule has 1 N–H and O–H groups in total. The van der Waals surface area contributed by atoms with Crippen LogP contribution < -0.4 is 9.64 Å². The van der Waals surface area contributed by atoms with Crippen LogP contribution in [0.1, 0.15) is 26.7 Å². The molecule has 2 rings (SSSR count). The van der Waals surface area contributed by atoms with Gasteiger partial charge >= 0.3 is 0 Å². The molecule has 0 spiro atoms. The molecule has 1 aliphatic rings. The second-order valence-electron chi connectivity index (χ2n) is 4.77. The van der Waals surface area contributed by atoms with Crippen LogP contribution in [0, 0.1) is 5.92 Å². The van der Waals surface area contributed by atoms with Gasteiger partial charge < -0.3 is 14.7 Å². The van der Waals surface area contributed by atoms with Crippen molar-refractivity contribution in [3.63, 3.8) is 0 Å². The van der Waals surface area contributed by atoms with Crippen molar-refractivity contribution in [3.8, 4) is 5.88 Å². The molecule has 1 aromatic rings. The van der Waals surface area contributed by atoms with Crippen LogP contribution in [0.5, 0.6) is 5.88 Å². The van der Waals surface area contributed by atoms with Crippen LogP contribution in [-0.4, -0.2) is 40.9 Å². The Kier molecular flexibility index (Phi) is 4.36. The molecule has 0 saturated carbocycles. The van der Waals surface area contributed by atoms with Crippen LogP contribution in [0.15, 0.2) is 12.4 Å². The largest absolute Gasteiger partial charge is 0.478 e. The molecule has 2 atom stereocenters. The Morgan fingerprint density at radius 3 is 3.00 bits per heavy atom. The van der Waals surface area contributed by atoms with Gasteiger partial charge in [-0.2, -0.15) is 0 Å². The van der Waals surface area contributed by atoms with Crippen LogP contribution in [0.4, 0.5) is 5.82 Å². The highest BCUT2D eigenvalue weighted by atomic mass is 16.5. The zero-order valence-electron chi connectivity index (χ0n) is 11.0. The molecular formula is C13H21N3O2. The van der Waals surface area contributed by atoms with Crippen LogP contribution in [0.25, 0.3) is 0 Å². The topological polar surface area (TPSA) is 58.5 Å². The molecule has 5 heteroatoms. The summed E-state index contributed by atoms with van der Waals surface area (Å²) in [5.74, 6) is 1.84. The normalized spacial score (nSPS) is 24.1. The van der Waals surface area contributed by atoms with Gasteiger partial charge in [-0.25, -0.2) is 9.97 Å². The molecule has 1 aliphatic heterocycles. The van der Waals surface area contributed by atoms with Gasteiger partial charge in [-0.3, -0.25) is 0 Å². The Labute approximate surface area is 108 Å². The summed E-state index contributed by atoms with van der Waals surface area (Å²) in [6.45, 7) is 5.82. The van der Waals surface area contributed by atoms with E-state index in [0.717, 1.165) is 25.2 Å². The molecule has 5 nitrogen and oxygen atoms in total. The first-order valence-corrected chi connectivity index (χ1v) is 6.57. The maximum Gasteiger partial charge on any atom is 0.218 e. The lowest BCUT2D eigenvalue weighted by molar-refractivity contribution is 0.199. The summed E-state index contributed by atoms with van der Waals surface area (Å²) in [5.41, 5.74) is 0. The fraction of sp³-hybridized carbons (Fsp3) is 0.692. The molecule has 1 aromatic heterocycles. The van der Waals surface area contributed by atoms with Gasteiger partial charge in [0, 0.05) is 25.3 Å². The number of aliphatic hydroxyl groups excluding tert-OH is 1. The number of hydrogen-bond acceptors (Lipinski definition) is 5. The Balaban J connectivity index is 2.15. The van der Waals surface area contributed by atoms with Gasteiger partial charge in [0.15, 0.2) is 0 Å². The van der Waals surface area contributed by atoms with Crippen LogP contribution in [0.2, 0.25) is 0 Å². The van der Waals surface area contributed by atoms with E-state index in [9.17, 15) is 5.11 Å². The predicted molar refractivity (Wildman–Crippen MR) is 69.8 cm³/mol. The van der Waals surface area contributed by atoms with E-state index in [2.05, 4.69) is 21.8 Å². The Bertz CT molecular complexity index is 386. The summed E-state index contributed by atoms with van der Waals surface area (Å²) in [7, 11) is 0. The van der Waals surface area contributed by atoms with E-state index in [1.54, 1.807) is 0 Å². The summed E-state index contributed by atoms with van der Waals surface area (Å²) >= 11 is 0. The number of nitrogens with zero attached hydrogens (tertiary/aromatic N) is 3. The second-order valence-corrected chi connectivity index (χ2v) is 4.77. The van der Waals surface area contributed by atoms with Crippen LogP contribution in [-0.2, 0) is 0 Å². The highest BCUT2D eigenvalue weighted by molar-refractivity contribution is 5.42. The van der Waals surface area contributed by atoms with E-state index in [-0.39, 0.29) is 6.61 Å². The summed E-state index contributed by atoms with van der Waals surface area (Å²) in [5, 5.41) is 9.30. The van der Waals surface area contributed by atoms with E-state index >= 15 is 0 Å². The van der Waals surface area contributed by atoms with Gasteiger partial charge in [-0.05, 0) is 32.6 Å². The van der Waals surface area contributed by atoms with Crippen molar-refractivity contribution in [1.82, 2.24) is 9.97 Å². The van der Waals surface area contributed by atoms with Gasteiger partial charge in [-0.1, -0.05) is 0 Å². The van der Waals surface area contributed by atoms with Gasteiger partial charge in [0.25, 0.3) is 0 Å². The lowest BCUT2D eigenvalue weighted by atomic mass is 9.94. The van der Waals surface area contributed by atoms with Crippen molar-refractivity contribution in [2.45, 2.75) is 32.7 Å². The third kappa shape index (κ3) is 2.90. The summed E-state index contributed by atoms with van der Waals surface area (Å²) in [4.78, 5) is 10.6. The van der Waals surface area contributed by atoms with Crippen molar-refractivity contribution in [2.24, 2.45) is 5.92 Å². The van der Waals surface area contributed by atoms with E-state index in [4.69, 9.17) is 4.74 Å². The first kappa shape index (κ1) is 13.1. The molecule has 100 valence electrons. The highest BCUT2D eigenvalue weighted by Gasteiger charge is 2.26. The number of anilines is 1. The third-order valence-electron chi connectivity index (χ3n) is 3.45. The molecule has 1 saturated heterocycles. The average molecular weight is 251 g/mol. The molecule has 0 aromatic carbocycles. The molecule has 1 fully saturated rings. The minimum atomic E-state index is 0.243. The standard InChI is InChI=1S/C13H21N3O2/c1-3-18-13-6-12(14-9-15-13)16-7-11(8-17)5-4-10(16)2/h6,9-11,17H,3-5,7-8H2,1-2H3/t10-,11+/m0/s1. The number of rotatable bonds is 4. The quantitative estimate of drug-likeness (QED) is 0.878. The first-order chi connectivity index (χ1) is 8.74. The average Bonchev–Trinajstić information content (AvgIpc) is 2.40. The number of aromatic nitrogens is 2. The van der Waals surface area contributed by atoms with E-state index in [0.29, 0.717) is 24.4 Å². The minimum absolute atomic E-state index is 0.243. The van der Waals surface area contributed by atoms with Crippen molar-refractivity contribution >= 4 is 5.82 Å². The lowest BCUT2D eigenvalue weighted by Gasteiger charge is -2.38. The maximum absolute atomic E-state index is 9.30. The summed E-state index contributed by atoms with van der Waals surface area (Å²) in [6, 6.07) is 2.32. The number of piperidine rings is 1. The molecule has 0 radical (unpaired) electrons. The molecule has 18 heavy (non-hydrogen) atoms. The fourth-order valence-electron chi connectivity index (χ4n) is 2.36. The summed E-state index contributed by atoms with van der Waals surface area (Å²) in [6.07, 6.45) is 3.70. The van der Waals surface area contributed by atoms with Crippen molar-refractivity contribution in [1.29, 1.82) is 0 Å². The smallest absolute Gasteiger partial charge is 0.218 e. The SMILES string of the molecule is CCOc1cc(N2C[C@H](CO)CC[C@@H]2C)ncn1. The molecule has 0 amide bonds. The monoisotopic (exact) mass is 251 g/mol. The second kappa shape index (κ2) is 6.00. The van der Waals surface area contributed by atoms with Crippen molar-refractivity contribution in [2.75, 3.05) is 24.7 Å². The van der Waals surface area contributed by atoms with Crippen LogP contribution in [0.3, 0.4) is 0 Å². The number of ether oxygens (including phenoxy) is 1. The van der Waals surface area contributed by atoms with Gasteiger partial charge in [-0.15, -0.1) is 0 Å². The van der Waals surface area contributed by atoms with Crippen LogP contribution >= 0.6 is 0 Å². The third-order valence-corrected chi connectivity index (χ3v) is 3.45. The predicted octanol–water partition coefficient (Wildman–Crippen LogP) is 1.47. The Hall–Kier alpha value is -1.36. The maximum atomic E-state index is 9.30. The van der Waals surface area contributed by atoms with E-state index < -0.39 is 0 Å². The lowest BCUT2D eigenvalue weighted by Crippen LogP contribution is -2.43. The Morgan fingerprint density at radius 1 is 1.44 bits per heavy atom. The van der Waals surface area contributed by atoms with E-state index in [1.807, 2.05) is 13.0 Å². The van der Waals surface area contributed by atoms with Gasteiger partial charge in [0.1, 0.15) is 12.1 Å². The zero-order chi connectivity index (χ0) is 13.0. The number of hydrogen-bond donors (Lipinski definition) is 1. The Morgan fingerprint density at radius 2 is 2.28 bits per heavy atom. The van der Waals surface area contributed by atoms with E-state index in [1.165, 1.54) is 6.33 Å². The highest BCUT2D eigenvalue weighted by Crippen LogP contribution is 2.27. The minimum Gasteiger partial charge on any atom is -0.478 e. The first-order valence-electron chi connectivity index (χ1n) is 6.57. The van der Waals surface area contributed by atoms with Crippen molar-refractivity contribution < 1.29 is 9.84 Å². The molecule has 0 aliphatic carbocycles. The molecular weight excluding hydrogens is 230 g/mol. The van der Waals surface area contributed by atoms with Crippen molar-refractivity contribution in [3.05, 3.63) is 12.4 Å². The molecule has 2 heterocycles. The van der Waals surface area contributed by atoms with Gasteiger partial charge in [0.2, 0.25) is 5.88 Å². The summed E-state index contributed by atoms with van der Waals surface area (Å²) < 4.78 is 5.40. The van der Waals surface area contributed by atoms with Gasteiger partial charge in [0.05, 0.1) is 6.61 Å². The molecule has 0 unspecified atom stereocenters.